The summed E-state index contributed by atoms with van der Waals surface area (Å²) in [7, 11) is 0. The van der Waals surface area contributed by atoms with Crippen molar-refractivity contribution in [1.82, 2.24) is 10.6 Å². The van der Waals surface area contributed by atoms with Gasteiger partial charge in [0.05, 0.1) is 0 Å². The molecule has 0 aromatic rings. The number of rotatable bonds is 5. The molecule has 2 amide bonds. The Morgan fingerprint density at radius 1 is 1.37 bits per heavy atom. The van der Waals surface area contributed by atoms with E-state index < -0.39 is 11.5 Å². The maximum Gasteiger partial charge on any atom is 0.329 e. The predicted molar refractivity (Wildman–Crippen MR) is 68.9 cm³/mol. The Bertz CT molecular complexity index is 353. The van der Waals surface area contributed by atoms with Crippen molar-refractivity contribution in [1.29, 1.82) is 0 Å². The minimum Gasteiger partial charge on any atom is -0.480 e. The highest BCUT2D eigenvalue weighted by Crippen LogP contribution is 2.34. The molecule has 1 aliphatic carbocycles. The molecule has 6 heteroatoms. The van der Waals surface area contributed by atoms with Gasteiger partial charge in [0.1, 0.15) is 5.54 Å². The summed E-state index contributed by atoms with van der Waals surface area (Å²) < 4.78 is 5.16. The van der Waals surface area contributed by atoms with Gasteiger partial charge in [-0.1, -0.05) is 13.3 Å². The molecule has 1 heterocycles. The lowest BCUT2D eigenvalue weighted by atomic mass is 9.90. The number of hydrogen-bond acceptors (Lipinski definition) is 3. The molecule has 2 fully saturated rings. The maximum atomic E-state index is 11.9. The van der Waals surface area contributed by atoms with E-state index in [1.165, 1.54) is 0 Å². The van der Waals surface area contributed by atoms with Crippen LogP contribution in [0.2, 0.25) is 0 Å². The zero-order chi connectivity index (χ0) is 13.9. The van der Waals surface area contributed by atoms with Gasteiger partial charge in [-0.05, 0) is 18.8 Å². The van der Waals surface area contributed by atoms with Gasteiger partial charge >= 0.3 is 12.0 Å². The van der Waals surface area contributed by atoms with E-state index in [9.17, 15) is 14.7 Å². The summed E-state index contributed by atoms with van der Waals surface area (Å²) >= 11 is 0. The molecular weight excluding hydrogens is 248 g/mol. The van der Waals surface area contributed by atoms with Gasteiger partial charge in [-0.25, -0.2) is 9.59 Å². The van der Waals surface area contributed by atoms with Gasteiger partial charge in [-0.15, -0.1) is 0 Å². The fourth-order valence-corrected chi connectivity index (χ4v) is 2.65. The highest BCUT2D eigenvalue weighted by Gasteiger charge is 2.43. The molecule has 2 aliphatic rings. The van der Waals surface area contributed by atoms with E-state index in [4.69, 9.17) is 4.74 Å². The molecule has 2 atom stereocenters. The summed E-state index contributed by atoms with van der Waals surface area (Å²) in [5, 5.41) is 14.8. The average Bonchev–Trinajstić information content (AvgIpc) is 3.08. The Labute approximate surface area is 112 Å². The number of nitrogens with one attached hydrogen (secondary N) is 2. The third-order valence-electron chi connectivity index (χ3n) is 4.01. The second-order valence-corrected chi connectivity index (χ2v) is 5.49. The number of aliphatic carboxylic acids is 1. The molecular formula is C13H22N2O4. The van der Waals surface area contributed by atoms with Gasteiger partial charge in [0.25, 0.3) is 0 Å². The van der Waals surface area contributed by atoms with E-state index in [2.05, 4.69) is 17.6 Å². The molecule has 1 aliphatic heterocycles. The van der Waals surface area contributed by atoms with Crippen LogP contribution in [-0.2, 0) is 9.53 Å². The molecule has 2 unspecified atom stereocenters. The maximum absolute atomic E-state index is 11.9. The molecule has 1 saturated carbocycles. The SMILES string of the molecule is CCCC1CC1NC(=O)NC1(C(=O)O)CCOCC1. The molecule has 2 rings (SSSR count). The highest BCUT2D eigenvalue weighted by molar-refractivity contribution is 5.86. The Morgan fingerprint density at radius 3 is 2.63 bits per heavy atom. The number of ether oxygens (including phenoxy) is 1. The summed E-state index contributed by atoms with van der Waals surface area (Å²) in [5.41, 5.74) is -1.17. The molecule has 0 spiro atoms. The first-order valence-corrected chi connectivity index (χ1v) is 6.97. The number of urea groups is 1. The number of carbonyl (C=O) groups is 2. The third-order valence-corrected chi connectivity index (χ3v) is 4.01. The summed E-state index contributed by atoms with van der Waals surface area (Å²) in [6.07, 6.45) is 3.87. The second-order valence-electron chi connectivity index (χ2n) is 5.49. The second kappa shape index (κ2) is 5.77. The standard InChI is InChI=1S/C13H22N2O4/c1-2-3-9-8-10(9)14-12(18)15-13(11(16)17)4-6-19-7-5-13/h9-10H,2-8H2,1H3,(H,16,17)(H2,14,15,18). The van der Waals surface area contributed by atoms with Crippen molar-refractivity contribution in [2.24, 2.45) is 5.92 Å². The predicted octanol–water partition coefficient (Wildman–Crippen LogP) is 1.11. The molecule has 1 saturated heterocycles. The summed E-state index contributed by atoms with van der Waals surface area (Å²) in [5.74, 6) is -0.418. The molecule has 19 heavy (non-hydrogen) atoms. The van der Waals surface area contributed by atoms with Crippen LogP contribution in [0.25, 0.3) is 0 Å². The Kier molecular flexibility index (Phi) is 4.29. The van der Waals surface area contributed by atoms with E-state index in [-0.39, 0.29) is 12.1 Å². The van der Waals surface area contributed by atoms with Crippen molar-refractivity contribution >= 4 is 12.0 Å². The van der Waals surface area contributed by atoms with E-state index >= 15 is 0 Å². The number of hydrogen-bond donors (Lipinski definition) is 3. The molecule has 108 valence electrons. The van der Waals surface area contributed by atoms with Crippen LogP contribution in [0.15, 0.2) is 0 Å². The van der Waals surface area contributed by atoms with Crippen LogP contribution in [0.1, 0.15) is 39.0 Å². The Hall–Kier alpha value is -1.30. The lowest BCUT2D eigenvalue weighted by Crippen LogP contribution is -2.60. The van der Waals surface area contributed by atoms with Gasteiger partial charge in [0, 0.05) is 32.1 Å². The zero-order valence-electron chi connectivity index (χ0n) is 11.3. The zero-order valence-corrected chi connectivity index (χ0v) is 11.3. The minimum absolute atomic E-state index is 0.214. The van der Waals surface area contributed by atoms with Gasteiger partial charge in [-0.2, -0.15) is 0 Å². The van der Waals surface area contributed by atoms with Crippen molar-refractivity contribution in [2.75, 3.05) is 13.2 Å². The largest absolute Gasteiger partial charge is 0.480 e. The van der Waals surface area contributed by atoms with Crippen LogP contribution < -0.4 is 10.6 Å². The lowest BCUT2D eigenvalue weighted by molar-refractivity contribution is -0.148. The average molecular weight is 270 g/mol. The quantitative estimate of drug-likeness (QED) is 0.698. The van der Waals surface area contributed by atoms with Crippen molar-refractivity contribution in [3.05, 3.63) is 0 Å². The van der Waals surface area contributed by atoms with Crippen LogP contribution in [0.5, 0.6) is 0 Å². The van der Waals surface area contributed by atoms with E-state index in [1.807, 2.05) is 0 Å². The van der Waals surface area contributed by atoms with Gasteiger partial charge in [-0.3, -0.25) is 0 Å². The molecule has 0 radical (unpaired) electrons. The van der Waals surface area contributed by atoms with Crippen LogP contribution in [-0.4, -0.2) is 41.9 Å². The lowest BCUT2D eigenvalue weighted by Gasteiger charge is -2.33. The number of carbonyl (C=O) groups excluding carboxylic acids is 1. The fraction of sp³-hybridized carbons (Fsp3) is 0.846. The summed E-state index contributed by atoms with van der Waals surface area (Å²) in [6, 6.07) is -0.154. The number of carboxylic acids is 1. The van der Waals surface area contributed by atoms with E-state index in [1.54, 1.807) is 0 Å². The third kappa shape index (κ3) is 3.37. The van der Waals surface area contributed by atoms with Crippen molar-refractivity contribution in [3.8, 4) is 0 Å². The Morgan fingerprint density at radius 2 is 2.05 bits per heavy atom. The van der Waals surface area contributed by atoms with Crippen molar-refractivity contribution < 1.29 is 19.4 Å². The number of carboxylic acid groups (broad SMARTS) is 1. The first-order chi connectivity index (χ1) is 9.07. The topological polar surface area (TPSA) is 87.7 Å². The van der Waals surface area contributed by atoms with Gasteiger partial charge in [0.15, 0.2) is 0 Å². The number of amides is 2. The normalized spacial score (nSPS) is 28.5. The summed E-state index contributed by atoms with van der Waals surface area (Å²) in [6.45, 7) is 2.86. The van der Waals surface area contributed by atoms with Crippen LogP contribution in [0.3, 0.4) is 0 Å². The fourth-order valence-electron chi connectivity index (χ4n) is 2.65. The summed E-state index contributed by atoms with van der Waals surface area (Å²) in [4.78, 5) is 23.3. The monoisotopic (exact) mass is 270 g/mol. The van der Waals surface area contributed by atoms with Crippen molar-refractivity contribution in [3.63, 3.8) is 0 Å². The first-order valence-electron chi connectivity index (χ1n) is 6.97. The van der Waals surface area contributed by atoms with Crippen LogP contribution in [0.4, 0.5) is 4.79 Å². The van der Waals surface area contributed by atoms with Crippen LogP contribution >= 0.6 is 0 Å². The van der Waals surface area contributed by atoms with E-state index in [0.29, 0.717) is 32.0 Å². The molecule has 0 aromatic heterocycles. The highest BCUT2D eigenvalue weighted by atomic mass is 16.5. The van der Waals surface area contributed by atoms with Crippen molar-refractivity contribution in [2.45, 2.75) is 50.6 Å². The smallest absolute Gasteiger partial charge is 0.329 e. The molecule has 3 N–H and O–H groups in total. The van der Waals surface area contributed by atoms with Gasteiger partial charge in [0.2, 0.25) is 0 Å². The molecule has 0 bridgehead atoms. The Balaban J connectivity index is 1.84. The van der Waals surface area contributed by atoms with Crippen LogP contribution in [0, 0.1) is 5.92 Å². The van der Waals surface area contributed by atoms with Gasteiger partial charge < -0.3 is 20.5 Å². The molecule has 6 nitrogen and oxygen atoms in total. The minimum atomic E-state index is -1.17. The van der Waals surface area contributed by atoms with E-state index in [0.717, 1.165) is 19.3 Å². The molecule has 0 aromatic carbocycles. The first kappa shape index (κ1) is 14.1.